The molecule has 0 aliphatic carbocycles. The van der Waals surface area contributed by atoms with Gasteiger partial charge >= 0.3 is 0 Å². The fourth-order valence-corrected chi connectivity index (χ4v) is 3.45. The van der Waals surface area contributed by atoms with Crippen LogP contribution < -0.4 is 10.1 Å². The molecule has 0 amide bonds. The Kier molecular flexibility index (Phi) is 4.88. The quantitative estimate of drug-likeness (QED) is 0.514. The molecule has 0 spiro atoms. The van der Waals surface area contributed by atoms with Gasteiger partial charge in [-0.15, -0.1) is 0 Å². The predicted octanol–water partition coefficient (Wildman–Crippen LogP) is 4.26. The summed E-state index contributed by atoms with van der Waals surface area (Å²) in [6.45, 7) is 0.759. The number of fused-ring (bicyclic) bond motifs is 1. The number of benzene rings is 1. The fourth-order valence-electron chi connectivity index (χ4n) is 2.92. The van der Waals surface area contributed by atoms with Crippen molar-refractivity contribution in [2.24, 2.45) is 0 Å². The molecule has 4 rings (SSSR count). The smallest absolute Gasteiger partial charge is 0.191 e. The van der Waals surface area contributed by atoms with E-state index >= 15 is 0 Å². The van der Waals surface area contributed by atoms with Gasteiger partial charge in [0.15, 0.2) is 22.1 Å². The topological polar surface area (TPSA) is 74.1 Å². The van der Waals surface area contributed by atoms with E-state index in [-0.39, 0.29) is 6.23 Å². The lowest BCUT2D eigenvalue weighted by Crippen LogP contribution is -2.07. The number of halogens is 1. The summed E-state index contributed by atoms with van der Waals surface area (Å²) < 4.78 is 13.0. The number of ether oxygens (including phenoxy) is 2. The van der Waals surface area contributed by atoms with Crippen molar-refractivity contribution in [3.8, 4) is 5.75 Å². The van der Waals surface area contributed by atoms with Crippen molar-refractivity contribution in [1.82, 2.24) is 19.5 Å². The zero-order valence-corrected chi connectivity index (χ0v) is 16.0. The van der Waals surface area contributed by atoms with Gasteiger partial charge in [-0.1, -0.05) is 23.4 Å². The van der Waals surface area contributed by atoms with Crippen LogP contribution in [-0.2, 0) is 4.74 Å². The third-order valence-electron chi connectivity index (χ3n) is 4.23. The van der Waals surface area contributed by atoms with Gasteiger partial charge in [-0.3, -0.25) is 4.57 Å². The highest BCUT2D eigenvalue weighted by Gasteiger charge is 2.22. The number of aromatic nitrogens is 4. The summed E-state index contributed by atoms with van der Waals surface area (Å²) in [5, 5.41) is 4.50. The maximum absolute atomic E-state index is 6.32. The van der Waals surface area contributed by atoms with Gasteiger partial charge in [0.2, 0.25) is 0 Å². The number of nitrogens with one attached hydrogen (secondary N) is 1. The number of imidazole rings is 1. The van der Waals surface area contributed by atoms with Crippen LogP contribution in [0.15, 0.2) is 29.7 Å². The monoisotopic (exact) mass is 391 g/mol. The van der Waals surface area contributed by atoms with E-state index in [1.54, 1.807) is 19.5 Å². The van der Waals surface area contributed by atoms with Gasteiger partial charge in [-0.25, -0.2) is 15.0 Å². The molecule has 1 saturated heterocycles. The first-order valence-electron chi connectivity index (χ1n) is 8.20. The van der Waals surface area contributed by atoms with Crippen molar-refractivity contribution >= 4 is 46.0 Å². The number of nitrogens with zero attached hydrogens (tertiary/aromatic N) is 4. The number of methoxy groups -OCH3 is 1. The number of rotatable bonds is 5. The summed E-state index contributed by atoms with van der Waals surface area (Å²) in [7, 11) is 1.62. The zero-order valence-electron chi connectivity index (χ0n) is 14.4. The summed E-state index contributed by atoms with van der Waals surface area (Å²) in [4.78, 5) is 13.7. The molecule has 9 heteroatoms. The Morgan fingerprint density at radius 1 is 1.38 bits per heavy atom. The van der Waals surface area contributed by atoms with Crippen LogP contribution >= 0.6 is 23.4 Å². The van der Waals surface area contributed by atoms with E-state index in [4.69, 9.17) is 21.1 Å². The number of hydrogen-bond acceptors (Lipinski definition) is 7. The highest BCUT2D eigenvalue weighted by atomic mass is 35.5. The van der Waals surface area contributed by atoms with E-state index < -0.39 is 0 Å². The SMILES string of the molecule is COc1ccc(Cl)c(Nc2nc(SC)nc3c2ncn3C2CCCO2)c1. The fraction of sp³-hybridized carbons (Fsp3) is 0.353. The van der Waals surface area contributed by atoms with Crippen LogP contribution in [-0.4, -0.2) is 39.5 Å². The van der Waals surface area contributed by atoms with Crippen molar-refractivity contribution in [2.75, 3.05) is 25.3 Å². The van der Waals surface area contributed by atoms with Gasteiger partial charge in [-0.2, -0.15) is 0 Å². The first-order chi connectivity index (χ1) is 12.7. The number of anilines is 2. The Labute approximate surface area is 160 Å². The Balaban J connectivity index is 1.79. The van der Waals surface area contributed by atoms with Gasteiger partial charge in [0.05, 0.1) is 24.1 Å². The molecule has 1 aliphatic heterocycles. The van der Waals surface area contributed by atoms with Crippen molar-refractivity contribution in [2.45, 2.75) is 24.2 Å². The molecule has 1 fully saturated rings. The van der Waals surface area contributed by atoms with Crippen molar-refractivity contribution in [1.29, 1.82) is 0 Å². The lowest BCUT2D eigenvalue weighted by atomic mass is 10.3. The number of hydrogen-bond donors (Lipinski definition) is 1. The molecule has 136 valence electrons. The van der Waals surface area contributed by atoms with E-state index in [1.807, 2.05) is 23.0 Å². The van der Waals surface area contributed by atoms with E-state index in [9.17, 15) is 0 Å². The molecule has 3 aromatic rings. The summed E-state index contributed by atoms with van der Waals surface area (Å²) in [5.41, 5.74) is 2.12. The average Bonchev–Trinajstić information content (AvgIpc) is 3.32. The summed E-state index contributed by atoms with van der Waals surface area (Å²) in [6.07, 6.45) is 5.66. The molecular weight excluding hydrogens is 374 g/mol. The van der Waals surface area contributed by atoms with E-state index in [0.717, 1.165) is 25.1 Å². The van der Waals surface area contributed by atoms with Crippen LogP contribution in [0.3, 0.4) is 0 Å². The third kappa shape index (κ3) is 3.20. The number of thioether (sulfide) groups is 1. The minimum absolute atomic E-state index is 0.0298. The van der Waals surface area contributed by atoms with Crippen LogP contribution in [0.4, 0.5) is 11.5 Å². The maximum Gasteiger partial charge on any atom is 0.191 e. The highest BCUT2D eigenvalue weighted by molar-refractivity contribution is 7.98. The molecule has 0 saturated carbocycles. The van der Waals surface area contributed by atoms with E-state index in [1.165, 1.54) is 11.8 Å². The lowest BCUT2D eigenvalue weighted by Gasteiger charge is -2.13. The van der Waals surface area contributed by atoms with Crippen LogP contribution in [0.1, 0.15) is 19.1 Å². The van der Waals surface area contributed by atoms with Crippen LogP contribution in [0.5, 0.6) is 5.75 Å². The molecule has 3 heterocycles. The molecule has 1 atom stereocenters. The van der Waals surface area contributed by atoms with Crippen LogP contribution in [0.2, 0.25) is 5.02 Å². The summed E-state index contributed by atoms with van der Waals surface area (Å²) in [5.74, 6) is 1.31. The molecule has 1 unspecified atom stereocenters. The standard InChI is InChI=1S/C17H18ClN5O2S/c1-24-10-5-6-11(18)12(8-10)20-15-14-16(22-17(21-15)26-2)23(9-19-14)13-4-3-7-25-13/h5-6,8-9,13H,3-4,7H2,1-2H3,(H,20,21,22). The van der Waals surface area contributed by atoms with Crippen molar-refractivity contribution in [3.63, 3.8) is 0 Å². The zero-order chi connectivity index (χ0) is 18.1. The largest absolute Gasteiger partial charge is 0.497 e. The molecule has 1 aromatic carbocycles. The van der Waals surface area contributed by atoms with E-state index in [2.05, 4.69) is 20.3 Å². The Morgan fingerprint density at radius 2 is 2.27 bits per heavy atom. The molecule has 2 aromatic heterocycles. The molecule has 1 N–H and O–H groups in total. The highest BCUT2D eigenvalue weighted by Crippen LogP contribution is 2.33. The van der Waals surface area contributed by atoms with Crippen LogP contribution in [0.25, 0.3) is 11.2 Å². The minimum Gasteiger partial charge on any atom is -0.497 e. The average molecular weight is 392 g/mol. The van der Waals surface area contributed by atoms with Gasteiger partial charge in [-0.05, 0) is 31.2 Å². The first kappa shape index (κ1) is 17.4. The van der Waals surface area contributed by atoms with Gasteiger partial charge in [0.1, 0.15) is 12.0 Å². The third-order valence-corrected chi connectivity index (χ3v) is 5.10. The predicted molar refractivity (Wildman–Crippen MR) is 103 cm³/mol. The molecule has 1 aliphatic rings. The second-order valence-corrected chi connectivity index (χ2v) is 7.00. The molecular formula is C17H18ClN5O2S. The Morgan fingerprint density at radius 3 is 3.00 bits per heavy atom. The minimum atomic E-state index is -0.0298. The normalized spacial score (nSPS) is 17.0. The van der Waals surface area contributed by atoms with Crippen molar-refractivity contribution < 1.29 is 9.47 Å². The second-order valence-electron chi connectivity index (χ2n) is 5.82. The van der Waals surface area contributed by atoms with Crippen molar-refractivity contribution in [3.05, 3.63) is 29.5 Å². The Bertz CT molecular complexity index is 942. The first-order valence-corrected chi connectivity index (χ1v) is 9.80. The van der Waals surface area contributed by atoms with Gasteiger partial charge in [0.25, 0.3) is 0 Å². The molecule has 0 radical (unpaired) electrons. The molecule has 0 bridgehead atoms. The second kappa shape index (κ2) is 7.30. The maximum atomic E-state index is 6.32. The van der Waals surface area contributed by atoms with Gasteiger partial charge < -0.3 is 14.8 Å². The molecule has 7 nitrogen and oxygen atoms in total. The lowest BCUT2D eigenvalue weighted by molar-refractivity contribution is 0.0592. The van der Waals surface area contributed by atoms with E-state index in [0.29, 0.717) is 33.0 Å². The summed E-state index contributed by atoms with van der Waals surface area (Å²) in [6, 6.07) is 5.41. The Hall–Kier alpha value is -2.03. The van der Waals surface area contributed by atoms with Gasteiger partial charge in [0, 0.05) is 12.7 Å². The molecule has 26 heavy (non-hydrogen) atoms. The summed E-state index contributed by atoms with van der Waals surface area (Å²) >= 11 is 7.80. The van der Waals surface area contributed by atoms with Crippen LogP contribution in [0, 0.1) is 0 Å².